The van der Waals surface area contributed by atoms with E-state index >= 15 is 0 Å². The van der Waals surface area contributed by atoms with Gasteiger partial charge < -0.3 is 4.74 Å². The molecule has 1 aliphatic heterocycles. The lowest BCUT2D eigenvalue weighted by molar-refractivity contribution is 0.0688. The first kappa shape index (κ1) is 20.1. The van der Waals surface area contributed by atoms with E-state index in [1.165, 1.54) is 11.1 Å². The van der Waals surface area contributed by atoms with Crippen LogP contribution < -0.4 is 0 Å². The SMILES string of the molecule is CCCc1ccc(S(=O)(=O)N2CCC(COCc3ccccc3)CC2)cc1. The van der Waals surface area contributed by atoms with Gasteiger partial charge in [-0.15, -0.1) is 0 Å². The van der Waals surface area contributed by atoms with Crippen molar-refractivity contribution in [3.05, 3.63) is 65.7 Å². The van der Waals surface area contributed by atoms with Gasteiger partial charge in [-0.05, 0) is 48.4 Å². The second-order valence-corrected chi connectivity index (χ2v) is 9.18. The Morgan fingerprint density at radius 3 is 2.26 bits per heavy atom. The third-order valence-corrected chi connectivity index (χ3v) is 7.05. The number of piperidine rings is 1. The molecular weight excluding hydrogens is 358 g/mol. The third-order valence-electron chi connectivity index (χ3n) is 5.14. The van der Waals surface area contributed by atoms with Gasteiger partial charge in [0.25, 0.3) is 0 Å². The summed E-state index contributed by atoms with van der Waals surface area (Å²) in [6, 6.07) is 17.5. The Morgan fingerprint density at radius 1 is 0.963 bits per heavy atom. The minimum Gasteiger partial charge on any atom is -0.376 e. The smallest absolute Gasteiger partial charge is 0.243 e. The molecule has 0 spiro atoms. The molecule has 3 rings (SSSR count). The first-order valence-corrected chi connectivity index (χ1v) is 11.2. The molecule has 2 aromatic carbocycles. The van der Waals surface area contributed by atoms with Crippen LogP contribution in [0.1, 0.15) is 37.3 Å². The van der Waals surface area contributed by atoms with E-state index in [9.17, 15) is 8.42 Å². The lowest BCUT2D eigenvalue weighted by Gasteiger charge is -2.31. The largest absolute Gasteiger partial charge is 0.376 e. The lowest BCUT2D eigenvalue weighted by atomic mass is 9.99. The van der Waals surface area contributed by atoms with E-state index in [0.29, 0.717) is 37.1 Å². The van der Waals surface area contributed by atoms with Crippen LogP contribution in [0.2, 0.25) is 0 Å². The van der Waals surface area contributed by atoms with Crippen molar-refractivity contribution in [1.82, 2.24) is 4.31 Å². The molecule has 0 N–H and O–H groups in total. The van der Waals surface area contributed by atoms with E-state index in [4.69, 9.17) is 4.74 Å². The highest BCUT2D eigenvalue weighted by Gasteiger charge is 2.29. The molecule has 1 saturated heterocycles. The van der Waals surface area contributed by atoms with Gasteiger partial charge in [0, 0.05) is 19.7 Å². The molecule has 0 atom stereocenters. The van der Waals surface area contributed by atoms with Gasteiger partial charge in [0.1, 0.15) is 0 Å². The maximum Gasteiger partial charge on any atom is 0.243 e. The molecule has 0 bridgehead atoms. The Kier molecular flexibility index (Phi) is 7.05. The predicted octanol–water partition coefficient (Wildman–Crippen LogP) is 4.26. The zero-order valence-corrected chi connectivity index (χ0v) is 16.8. The predicted molar refractivity (Wildman–Crippen MR) is 108 cm³/mol. The number of aryl methyl sites for hydroxylation is 1. The Morgan fingerprint density at radius 2 is 1.63 bits per heavy atom. The molecule has 146 valence electrons. The molecule has 0 amide bonds. The van der Waals surface area contributed by atoms with Crippen molar-refractivity contribution in [3.8, 4) is 0 Å². The average Bonchev–Trinajstić information content (AvgIpc) is 2.70. The van der Waals surface area contributed by atoms with Crippen LogP contribution in [0.15, 0.2) is 59.5 Å². The van der Waals surface area contributed by atoms with Crippen LogP contribution in [0, 0.1) is 5.92 Å². The second-order valence-electron chi connectivity index (χ2n) is 7.24. The minimum atomic E-state index is -3.39. The molecule has 4 nitrogen and oxygen atoms in total. The van der Waals surface area contributed by atoms with Crippen LogP contribution >= 0.6 is 0 Å². The highest BCUT2D eigenvalue weighted by Crippen LogP contribution is 2.24. The Labute approximate surface area is 163 Å². The van der Waals surface area contributed by atoms with E-state index < -0.39 is 10.0 Å². The number of hydrogen-bond donors (Lipinski definition) is 0. The first-order chi connectivity index (χ1) is 13.1. The molecular formula is C22H29NO3S. The van der Waals surface area contributed by atoms with Crippen LogP contribution in [-0.2, 0) is 27.8 Å². The van der Waals surface area contributed by atoms with Gasteiger partial charge in [-0.2, -0.15) is 4.31 Å². The van der Waals surface area contributed by atoms with Gasteiger partial charge in [0.15, 0.2) is 0 Å². The van der Waals surface area contributed by atoms with Crippen molar-refractivity contribution < 1.29 is 13.2 Å². The van der Waals surface area contributed by atoms with Crippen LogP contribution in [0.3, 0.4) is 0 Å². The second kappa shape index (κ2) is 9.49. The number of nitrogens with zero attached hydrogens (tertiary/aromatic N) is 1. The fourth-order valence-corrected chi connectivity index (χ4v) is 4.97. The molecule has 5 heteroatoms. The van der Waals surface area contributed by atoms with Crippen LogP contribution in [0.25, 0.3) is 0 Å². The van der Waals surface area contributed by atoms with Crippen LogP contribution in [0.5, 0.6) is 0 Å². The van der Waals surface area contributed by atoms with Gasteiger partial charge in [0.2, 0.25) is 10.0 Å². The maximum atomic E-state index is 12.9. The minimum absolute atomic E-state index is 0.404. The highest BCUT2D eigenvalue weighted by molar-refractivity contribution is 7.89. The summed E-state index contributed by atoms with van der Waals surface area (Å²) in [5, 5.41) is 0. The standard InChI is InChI=1S/C22H29NO3S/c1-2-6-19-9-11-22(12-10-19)27(24,25)23-15-13-21(14-16-23)18-26-17-20-7-4-3-5-8-20/h3-5,7-12,21H,2,6,13-18H2,1H3. The number of ether oxygens (including phenoxy) is 1. The van der Waals surface area contributed by atoms with Crippen molar-refractivity contribution in [1.29, 1.82) is 0 Å². The maximum absolute atomic E-state index is 12.9. The van der Waals surface area contributed by atoms with Crippen molar-refractivity contribution in [2.24, 2.45) is 5.92 Å². The van der Waals surface area contributed by atoms with Crippen LogP contribution in [-0.4, -0.2) is 32.4 Å². The van der Waals surface area contributed by atoms with Crippen molar-refractivity contribution >= 4 is 10.0 Å². The molecule has 0 radical (unpaired) electrons. The van der Waals surface area contributed by atoms with E-state index in [2.05, 4.69) is 19.1 Å². The Balaban J connectivity index is 1.49. The molecule has 27 heavy (non-hydrogen) atoms. The number of rotatable bonds is 8. The summed E-state index contributed by atoms with van der Waals surface area (Å²) in [5.74, 6) is 0.423. The van der Waals surface area contributed by atoms with E-state index in [1.54, 1.807) is 16.4 Å². The summed E-state index contributed by atoms with van der Waals surface area (Å²) < 4.78 is 33.2. The normalized spacial score (nSPS) is 16.5. The molecule has 0 unspecified atom stereocenters. The van der Waals surface area contributed by atoms with Crippen molar-refractivity contribution in [2.75, 3.05) is 19.7 Å². The van der Waals surface area contributed by atoms with Crippen molar-refractivity contribution in [2.45, 2.75) is 44.1 Å². The highest BCUT2D eigenvalue weighted by atomic mass is 32.2. The zero-order chi connectivity index (χ0) is 19.1. The summed E-state index contributed by atoms with van der Waals surface area (Å²) >= 11 is 0. The average molecular weight is 388 g/mol. The summed E-state index contributed by atoms with van der Waals surface area (Å²) in [4.78, 5) is 0.404. The molecule has 0 saturated carbocycles. The fraction of sp³-hybridized carbons (Fsp3) is 0.455. The lowest BCUT2D eigenvalue weighted by Crippen LogP contribution is -2.39. The number of hydrogen-bond acceptors (Lipinski definition) is 3. The van der Waals surface area contributed by atoms with E-state index in [-0.39, 0.29) is 0 Å². The fourth-order valence-electron chi connectivity index (χ4n) is 3.50. The quantitative estimate of drug-likeness (QED) is 0.680. The Hall–Kier alpha value is -1.69. The zero-order valence-electron chi connectivity index (χ0n) is 16.0. The third kappa shape index (κ3) is 5.41. The Bertz CT molecular complexity index is 795. The number of sulfonamides is 1. The first-order valence-electron chi connectivity index (χ1n) is 9.80. The van der Waals surface area contributed by atoms with Crippen molar-refractivity contribution in [3.63, 3.8) is 0 Å². The number of benzene rings is 2. The van der Waals surface area contributed by atoms with E-state index in [0.717, 1.165) is 25.7 Å². The van der Waals surface area contributed by atoms with Gasteiger partial charge in [-0.3, -0.25) is 0 Å². The monoisotopic (exact) mass is 387 g/mol. The van der Waals surface area contributed by atoms with E-state index in [1.807, 2.05) is 30.3 Å². The molecule has 1 heterocycles. The summed E-state index contributed by atoms with van der Waals surface area (Å²) in [6.45, 7) is 4.56. The molecule has 0 aliphatic carbocycles. The molecule has 2 aromatic rings. The molecule has 1 fully saturated rings. The molecule has 1 aliphatic rings. The summed E-state index contributed by atoms with van der Waals surface area (Å²) in [6.07, 6.45) is 3.74. The summed E-state index contributed by atoms with van der Waals surface area (Å²) in [5.41, 5.74) is 2.36. The van der Waals surface area contributed by atoms with Gasteiger partial charge >= 0.3 is 0 Å². The van der Waals surface area contributed by atoms with Crippen LogP contribution in [0.4, 0.5) is 0 Å². The van der Waals surface area contributed by atoms with Gasteiger partial charge in [0.05, 0.1) is 11.5 Å². The summed E-state index contributed by atoms with van der Waals surface area (Å²) in [7, 11) is -3.39. The topological polar surface area (TPSA) is 46.6 Å². The molecule has 0 aromatic heterocycles. The van der Waals surface area contributed by atoms with Gasteiger partial charge in [-0.25, -0.2) is 8.42 Å². The van der Waals surface area contributed by atoms with Gasteiger partial charge in [-0.1, -0.05) is 55.8 Å².